The molecule has 4 rings (SSSR count). The van der Waals surface area contributed by atoms with E-state index < -0.39 is 0 Å². The van der Waals surface area contributed by atoms with Crippen molar-refractivity contribution < 1.29 is 4.39 Å². The van der Waals surface area contributed by atoms with Gasteiger partial charge >= 0.3 is 0 Å². The zero-order chi connectivity index (χ0) is 15.3. The number of pyridine rings is 1. The third-order valence-corrected chi connectivity index (χ3v) is 4.65. The number of rotatable bonds is 2. The molecule has 1 saturated carbocycles. The maximum atomic E-state index is 14.5. The fourth-order valence-corrected chi connectivity index (χ4v) is 3.34. The topological polar surface area (TPSA) is 37.3 Å². The number of halogens is 1. The van der Waals surface area contributed by atoms with E-state index >= 15 is 0 Å². The van der Waals surface area contributed by atoms with E-state index in [-0.39, 0.29) is 11.2 Å². The molecule has 2 aromatic rings. The Labute approximate surface area is 128 Å². The Morgan fingerprint density at radius 3 is 2.86 bits per heavy atom. The van der Waals surface area contributed by atoms with Gasteiger partial charge in [-0.2, -0.15) is 0 Å². The smallest absolute Gasteiger partial charge is 0.189 e. The van der Waals surface area contributed by atoms with Crippen LogP contribution in [-0.2, 0) is 0 Å². The van der Waals surface area contributed by atoms with Crippen LogP contribution in [0.5, 0.6) is 0 Å². The van der Waals surface area contributed by atoms with Crippen LogP contribution in [-0.4, -0.2) is 30.2 Å². The highest BCUT2D eigenvalue weighted by molar-refractivity contribution is 5.83. The predicted octanol–water partition coefficient (Wildman–Crippen LogP) is 2.27. The molecule has 2 fully saturated rings. The lowest BCUT2D eigenvalue weighted by Crippen LogP contribution is -2.49. The van der Waals surface area contributed by atoms with E-state index in [1.54, 1.807) is 6.07 Å². The molecule has 2 aliphatic rings. The summed E-state index contributed by atoms with van der Waals surface area (Å²) in [6.45, 7) is 4.52. The lowest BCUT2D eigenvalue weighted by molar-refractivity contribution is 0.478. The summed E-state index contributed by atoms with van der Waals surface area (Å²) in [5.74, 6) is -0.299. The van der Waals surface area contributed by atoms with Gasteiger partial charge in [-0.3, -0.25) is 4.79 Å². The van der Waals surface area contributed by atoms with Gasteiger partial charge in [0, 0.05) is 49.4 Å². The Bertz CT molecular complexity index is 781. The molecular weight excluding hydrogens is 281 g/mol. The molecule has 1 aromatic heterocycles. The normalized spacial score (nSPS) is 22.3. The summed E-state index contributed by atoms with van der Waals surface area (Å²) >= 11 is 0. The molecule has 4 nitrogen and oxygen atoms in total. The second-order valence-corrected chi connectivity index (χ2v) is 6.44. The first-order valence-corrected chi connectivity index (χ1v) is 7.96. The molecule has 1 aliphatic heterocycles. The van der Waals surface area contributed by atoms with Crippen LogP contribution in [0.2, 0.25) is 0 Å². The number of aromatic nitrogens is 1. The van der Waals surface area contributed by atoms with Gasteiger partial charge in [0.1, 0.15) is 5.82 Å². The molecule has 0 spiro atoms. The van der Waals surface area contributed by atoms with E-state index in [9.17, 15) is 9.18 Å². The van der Waals surface area contributed by atoms with Crippen molar-refractivity contribution in [1.82, 2.24) is 9.88 Å². The number of nitrogens with one attached hydrogen (secondary N) is 1. The van der Waals surface area contributed by atoms with E-state index in [1.165, 1.54) is 6.07 Å². The molecule has 2 heterocycles. The van der Waals surface area contributed by atoms with Crippen molar-refractivity contribution in [2.75, 3.05) is 24.5 Å². The van der Waals surface area contributed by atoms with E-state index in [0.29, 0.717) is 23.2 Å². The second-order valence-electron chi connectivity index (χ2n) is 6.44. The van der Waals surface area contributed by atoms with Gasteiger partial charge in [0.2, 0.25) is 0 Å². The number of benzene rings is 1. The minimum Gasteiger partial charge on any atom is -0.366 e. The number of piperazine rings is 1. The predicted molar refractivity (Wildman–Crippen MR) is 86.1 cm³/mol. The van der Waals surface area contributed by atoms with E-state index in [4.69, 9.17) is 0 Å². The van der Waals surface area contributed by atoms with Crippen LogP contribution < -0.4 is 15.6 Å². The summed E-state index contributed by atoms with van der Waals surface area (Å²) in [7, 11) is 0. The molecule has 1 N–H and O–H groups in total. The van der Waals surface area contributed by atoms with Crippen LogP contribution in [0.25, 0.3) is 10.9 Å². The highest BCUT2D eigenvalue weighted by atomic mass is 19.1. The highest BCUT2D eigenvalue weighted by Gasteiger charge is 2.26. The minimum absolute atomic E-state index is 0.106. The van der Waals surface area contributed by atoms with Gasteiger partial charge in [-0.05, 0) is 31.9 Å². The lowest BCUT2D eigenvalue weighted by Gasteiger charge is -2.34. The summed E-state index contributed by atoms with van der Waals surface area (Å²) in [4.78, 5) is 14.1. The number of anilines is 1. The molecule has 1 aromatic carbocycles. The molecule has 0 bridgehead atoms. The van der Waals surface area contributed by atoms with Gasteiger partial charge < -0.3 is 14.8 Å². The molecular formula is C17H20FN3O. The second kappa shape index (κ2) is 5.09. The lowest BCUT2D eigenvalue weighted by atomic mass is 10.1. The summed E-state index contributed by atoms with van der Waals surface area (Å²) in [5, 5.41) is 3.85. The Balaban J connectivity index is 1.87. The molecule has 22 heavy (non-hydrogen) atoms. The van der Waals surface area contributed by atoms with Crippen LogP contribution in [0, 0.1) is 5.82 Å². The highest BCUT2D eigenvalue weighted by Crippen LogP contribution is 2.37. The first-order chi connectivity index (χ1) is 10.6. The molecule has 1 aliphatic carbocycles. The summed E-state index contributed by atoms with van der Waals surface area (Å²) in [6, 6.07) is 5.63. The standard InChI is InChI=1S/C17H20FN3O/c1-11-10-20(7-5-19-11)16-9-15-13(8-14(16)18)17(22)4-6-21(15)12-2-3-12/h4,6,8-9,11-12,19H,2-3,5,7,10H2,1H3. The fraction of sp³-hybridized carbons (Fsp3) is 0.471. The van der Waals surface area contributed by atoms with E-state index in [2.05, 4.69) is 21.7 Å². The van der Waals surface area contributed by atoms with E-state index in [0.717, 1.165) is 38.0 Å². The minimum atomic E-state index is -0.299. The number of fused-ring (bicyclic) bond motifs is 1. The van der Waals surface area contributed by atoms with Crippen LogP contribution >= 0.6 is 0 Å². The van der Waals surface area contributed by atoms with Gasteiger partial charge in [-0.15, -0.1) is 0 Å². The SMILES string of the molecule is CC1CN(c2cc3c(cc2F)c(=O)ccn3C2CC2)CCN1. The van der Waals surface area contributed by atoms with Crippen molar-refractivity contribution in [3.8, 4) is 0 Å². The first kappa shape index (κ1) is 13.8. The molecule has 116 valence electrons. The molecule has 1 saturated heterocycles. The Morgan fingerprint density at radius 2 is 2.14 bits per heavy atom. The van der Waals surface area contributed by atoms with Crippen molar-refractivity contribution >= 4 is 16.6 Å². The summed E-state index contributed by atoms with van der Waals surface area (Å²) < 4.78 is 16.7. The maximum absolute atomic E-state index is 14.5. The van der Waals surface area contributed by atoms with Crippen molar-refractivity contribution in [3.63, 3.8) is 0 Å². The van der Waals surface area contributed by atoms with Crippen molar-refractivity contribution in [2.45, 2.75) is 31.8 Å². The quantitative estimate of drug-likeness (QED) is 0.924. The average Bonchev–Trinajstić information content (AvgIpc) is 3.32. The van der Waals surface area contributed by atoms with Crippen LogP contribution in [0.3, 0.4) is 0 Å². The van der Waals surface area contributed by atoms with Crippen LogP contribution in [0.4, 0.5) is 10.1 Å². The van der Waals surface area contributed by atoms with Gasteiger partial charge in [0.05, 0.1) is 11.2 Å². The number of hydrogen-bond donors (Lipinski definition) is 1. The number of hydrogen-bond acceptors (Lipinski definition) is 3. The van der Waals surface area contributed by atoms with Crippen molar-refractivity contribution in [3.05, 3.63) is 40.4 Å². The van der Waals surface area contributed by atoms with Crippen LogP contribution in [0.1, 0.15) is 25.8 Å². The Hall–Kier alpha value is -1.88. The maximum Gasteiger partial charge on any atom is 0.189 e. The van der Waals surface area contributed by atoms with Gasteiger partial charge in [-0.25, -0.2) is 4.39 Å². The fourth-order valence-electron chi connectivity index (χ4n) is 3.34. The molecule has 0 amide bonds. The van der Waals surface area contributed by atoms with Crippen molar-refractivity contribution in [1.29, 1.82) is 0 Å². The largest absolute Gasteiger partial charge is 0.366 e. The van der Waals surface area contributed by atoms with Gasteiger partial charge in [0.15, 0.2) is 5.43 Å². The summed E-state index contributed by atoms with van der Waals surface area (Å²) in [6.07, 6.45) is 4.12. The first-order valence-electron chi connectivity index (χ1n) is 7.96. The Morgan fingerprint density at radius 1 is 1.32 bits per heavy atom. The average molecular weight is 301 g/mol. The number of nitrogens with zero attached hydrogens (tertiary/aromatic N) is 2. The summed E-state index contributed by atoms with van der Waals surface area (Å²) in [5.41, 5.74) is 1.37. The monoisotopic (exact) mass is 301 g/mol. The third kappa shape index (κ3) is 2.29. The molecule has 1 unspecified atom stereocenters. The zero-order valence-corrected chi connectivity index (χ0v) is 12.7. The van der Waals surface area contributed by atoms with Crippen molar-refractivity contribution in [2.24, 2.45) is 0 Å². The molecule has 0 radical (unpaired) electrons. The molecule has 1 atom stereocenters. The van der Waals surface area contributed by atoms with Crippen LogP contribution in [0.15, 0.2) is 29.2 Å². The molecule has 5 heteroatoms. The van der Waals surface area contributed by atoms with E-state index in [1.807, 2.05) is 12.3 Å². The van der Waals surface area contributed by atoms with Gasteiger partial charge in [-0.1, -0.05) is 0 Å². The Kier molecular flexibility index (Phi) is 3.18. The third-order valence-electron chi connectivity index (χ3n) is 4.65. The van der Waals surface area contributed by atoms with Gasteiger partial charge in [0.25, 0.3) is 0 Å². The zero-order valence-electron chi connectivity index (χ0n) is 12.7.